The molecule has 0 bridgehead atoms. The summed E-state index contributed by atoms with van der Waals surface area (Å²) in [5.74, 6) is -0.228. The van der Waals surface area contributed by atoms with Crippen molar-refractivity contribution in [2.45, 2.75) is 6.92 Å². The molecule has 0 unspecified atom stereocenters. The van der Waals surface area contributed by atoms with Gasteiger partial charge in [0, 0.05) is 26.5 Å². The summed E-state index contributed by atoms with van der Waals surface area (Å²) in [6, 6.07) is 5.70. The molecular formula is C14H15N5OS. The molecule has 0 aliphatic carbocycles. The maximum atomic E-state index is 12.2. The second-order valence-corrected chi connectivity index (χ2v) is 5.76. The number of rotatable bonds is 3. The van der Waals surface area contributed by atoms with Crippen LogP contribution in [-0.4, -0.2) is 33.8 Å². The molecule has 0 saturated carbocycles. The predicted molar refractivity (Wildman–Crippen MR) is 84.3 cm³/mol. The Morgan fingerprint density at radius 2 is 2.14 bits per heavy atom. The van der Waals surface area contributed by atoms with Crippen LogP contribution in [0, 0.1) is 6.92 Å². The van der Waals surface area contributed by atoms with E-state index in [0.717, 1.165) is 22.0 Å². The van der Waals surface area contributed by atoms with E-state index in [4.69, 9.17) is 0 Å². The van der Waals surface area contributed by atoms with E-state index in [0.29, 0.717) is 5.69 Å². The van der Waals surface area contributed by atoms with Crippen LogP contribution in [-0.2, 0) is 0 Å². The first kappa shape index (κ1) is 13.6. The highest BCUT2D eigenvalue weighted by Gasteiger charge is 2.12. The zero-order chi connectivity index (χ0) is 15.0. The summed E-state index contributed by atoms with van der Waals surface area (Å²) < 4.78 is 5.98. The van der Waals surface area contributed by atoms with Crippen molar-refractivity contribution in [3.63, 3.8) is 0 Å². The molecular weight excluding hydrogens is 286 g/mol. The largest absolute Gasteiger partial charge is 0.376 e. The van der Waals surface area contributed by atoms with Crippen molar-refractivity contribution in [3.8, 4) is 0 Å². The summed E-state index contributed by atoms with van der Waals surface area (Å²) >= 11 is 1.26. The van der Waals surface area contributed by atoms with Gasteiger partial charge in [-0.05, 0) is 36.7 Å². The van der Waals surface area contributed by atoms with Crippen molar-refractivity contribution in [1.29, 1.82) is 0 Å². The lowest BCUT2D eigenvalue weighted by atomic mass is 10.4. The third kappa shape index (κ3) is 2.73. The number of imidazole rings is 1. The molecule has 3 rings (SSSR count). The van der Waals surface area contributed by atoms with Gasteiger partial charge >= 0.3 is 0 Å². The van der Waals surface area contributed by atoms with Crippen LogP contribution in [0.4, 0.5) is 10.7 Å². The van der Waals surface area contributed by atoms with Crippen LogP contribution in [0.15, 0.2) is 30.6 Å². The number of nitrogens with one attached hydrogen (secondary N) is 1. The first-order valence-corrected chi connectivity index (χ1v) is 7.21. The van der Waals surface area contributed by atoms with E-state index in [9.17, 15) is 4.79 Å². The minimum Gasteiger partial charge on any atom is -0.376 e. The number of carbonyl (C=O) groups is 1. The van der Waals surface area contributed by atoms with Crippen LogP contribution in [0.3, 0.4) is 0 Å². The second kappa shape index (κ2) is 5.17. The summed E-state index contributed by atoms with van der Waals surface area (Å²) in [4.78, 5) is 18.5. The lowest BCUT2D eigenvalue weighted by Gasteiger charge is -2.11. The minimum absolute atomic E-state index is 0.228. The molecule has 7 heteroatoms. The Balaban J connectivity index is 1.88. The van der Waals surface area contributed by atoms with Crippen LogP contribution in [0.5, 0.6) is 0 Å². The van der Waals surface area contributed by atoms with Gasteiger partial charge in [0.05, 0.1) is 11.4 Å². The van der Waals surface area contributed by atoms with E-state index < -0.39 is 0 Å². The Hall–Kier alpha value is -2.41. The van der Waals surface area contributed by atoms with Crippen molar-refractivity contribution in [3.05, 3.63) is 42.0 Å². The molecule has 6 nitrogen and oxygen atoms in total. The molecule has 1 N–H and O–H groups in total. The number of hydrogen-bond acceptors (Lipinski definition) is 5. The molecule has 21 heavy (non-hydrogen) atoms. The van der Waals surface area contributed by atoms with Crippen molar-refractivity contribution >= 4 is 33.8 Å². The molecule has 0 atom stereocenters. The van der Waals surface area contributed by atoms with E-state index in [1.165, 1.54) is 11.5 Å². The Kier molecular flexibility index (Phi) is 3.34. The Morgan fingerprint density at radius 1 is 1.33 bits per heavy atom. The molecule has 1 amide bonds. The molecule has 3 heterocycles. The second-order valence-electron chi connectivity index (χ2n) is 4.96. The predicted octanol–water partition coefficient (Wildman–Crippen LogP) is 2.42. The van der Waals surface area contributed by atoms with Crippen LogP contribution in [0.25, 0.3) is 5.65 Å². The maximum absolute atomic E-state index is 12.2. The fraction of sp³-hybridized carbons (Fsp3) is 0.214. The number of aromatic nitrogens is 3. The van der Waals surface area contributed by atoms with E-state index >= 15 is 0 Å². The minimum atomic E-state index is -0.228. The van der Waals surface area contributed by atoms with Crippen LogP contribution in [0.2, 0.25) is 0 Å². The summed E-state index contributed by atoms with van der Waals surface area (Å²) in [7, 11) is 3.94. The highest BCUT2D eigenvalue weighted by Crippen LogP contribution is 2.18. The number of hydrogen-bond donors (Lipinski definition) is 1. The van der Waals surface area contributed by atoms with Gasteiger partial charge in [0.1, 0.15) is 16.3 Å². The quantitative estimate of drug-likeness (QED) is 0.807. The van der Waals surface area contributed by atoms with Crippen molar-refractivity contribution < 1.29 is 4.79 Å². The lowest BCUT2D eigenvalue weighted by molar-refractivity contribution is 0.102. The molecule has 3 aromatic rings. The average molecular weight is 301 g/mol. The number of aryl methyl sites for hydroxylation is 1. The van der Waals surface area contributed by atoms with Gasteiger partial charge in [-0.1, -0.05) is 0 Å². The topological polar surface area (TPSA) is 62.5 Å². The highest BCUT2D eigenvalue weighted by atomic mass is 32.1. The summed E-state index contributed by atoms with van der Waals surface area (Å²) in [5.41, 5.74) is 3.06. The van der Waals surface area contributed by atoms with Crippen molar-refractivity contribution in [2.24, 2.45) is 0 Å². The SMILES string of the molecule is Cc1cc(NC(=O)c2cn3cc(N(C)C)ccc3n2)sn1. The fourth-order valence-corrected chi connectivity index (χ4v) is 2.61. The van der Waals surface area contributed by atoms with Crippen LogP contribution in [0.1, 0.15) is 16.2 Å². The summed E-state index contributed by atoms with van der Waals surface area (Å²) in [5, 5.41) is 3.53. The fourth-order valence-electron chi connectivity index (χ4n) is 1.95. The molecule has 3 aromatic heterocycles. The van der Waals surface area contributed by atoms with Crippen LogP contribution < -0.4 is 10.2 Å². The van der Waals surface area contributed by atoms with Gasteiger partial charge in [0.2, 0.25) is 0 Å². The van der Waals surface area contributed by atoms with Gasteiger partial charge in [0.15, 0.2) is 0 Å². The molecule has 0 aromatic carbocycles. The van der Waals surface area contributed by atoms with Gasteiger partial charge in [-0.2, -0.15) is 4.37 Å². The number of carbonyl (C=O) groups excluding carboxylic acids is 1. The lowest BCUT2D eigenvalue weighted by Crippen LogP contribution is -2.11. The van der Waals surface area contributed by atoms with Crippen molar-refractivity contribution in [2.75, 3.05) is 24.3 Å². The van der Waals surface area contributed by atoms with Crippen molar-refractivity contribution in [1.82, 2.24) is 13.8 Å². The normalized spacial score (nSPS) is 10.8. The first-order valence-electron chi connectivity index (χ1n) is 6.44. The maximum Gasteiger partial charge on any atom is 0.276 e. The van der Waals surface area contributed by atoms with Gasteiger partial charge in [0.25, 0.3) is 5.91 Å². The summed E-state index contributed by atoms with van der Waals surface area (Å²) in [6.45, 7) is 1.89. The number of nitrogens with zero attached hydrogens (tertiary/aromatic N) is 4. The van der Waals surface area contributed by atoms with Crippen LogP contribution >= 0.6 is 11.5 Å². The first-order chi connectivity index (χ1) is 10.0. The molecule has 108 valence electrons. The van der Waals surface area contributed by atoms with E-state index in [-0.39, 0.29) is 5.91 Å². The van der Waals surface area contributed by atoms with Gasteiger partial charge in [-0.3, -0.25) is 4.79 Å². The average Bonchev–Trinajstić information content (AvgIpc) is 3.03. The third-order valence-electron chi connectivity index (χ3n) is 3.05. The van der Waals surface area contributed by atoms with E-state index in [1.807, 2.05) is 54.7 Å². The zero-order valence-electron chi connectivity index (χ0n) is 12.0. The Labute approximate surface area is 126 Å². The number of anilines is 2. The number of pyridine rings is 1. The molecule has 0 aliphatic rings. The van der Waals surface area contributed by atoms with Gasteiger partial charge in [-0.25, -0.2) is 4.98 Å². The smallest absolute Gasteiger partial charge is 0.276 e. The molecule has 0 spiro atoms. The molecule has 0 aliphatic heterocycles. The number of amides is 1. The third-order valence-corrected chi connectivity index (χ3v) is 3.85. The molecule has 0 fully saturated rings. The molecule has 0 saturated heterocycles. The van der Waals surface area contributed by atoms with E-state index in [2.05, 4.69) is 14.7 Å². The van der Waals surface area contributed by atoms with Gasteiger partial charge < -0.3 is 14.6 Å². The zero-order valence-corrected chi connectivity index (χ0v) is 12.8. The standard InChI is InChI=1S/C14H15N5OS/c1-9-6-13(21-17-9)16-14(20)11-8-19-7-10(18(2)3)4-5-12(19)15-11/h4-8H,1-3H3,(H,16,20). The highest BCUT2D eigenvalue weighted by molar-refractivity contribution is 7.10. The number of fused-ring (bicyclic) bond motifs is 1. The summed E-state index contributed by atoms with van der Waals surface area (Å²) in [6.07, 6.45) is 3.67. The Bertz CT molecular complexity index is 805. The Morgan fingerprint density at radius 3 is 2.81 bits per heavy atom. The monoisotopic (exact) mass is 301 g/mol. The van der Waals surface area contributed by atoms with E-state index in [1.54, 1.807) is 6.20 Å². The van der Waals surface area contributed by atoms with Gasteiger partial charge in [-0.15, -0.1) is 0 Å². The molecule has 0 radical (unpaired) electrons.